The summed E-state index contributed by atoms with van der Waals surface area (Å²) in [6.45, 7) is 3.91. The molecule has 0 heterocycles. The highest BCUT2D eigenvalue weighted by Gasteiger charge is 2.08. The lowest BCUT2D eigenvalue weighted by Crippen LogP contribution is -2.11. The van der Waals surface area contributed by atoms with Crippen LogP contribution in [0.15, 0.2) is 48.5 Å². The monoisotopic (exact) mass is 339 g/mol. The van der Waals surface area contributed by atoms with Gasteiger partial charge >= 0.3 is 0 Å². The third-order valence-corrected chi connectivity index (χ3v) is 3.48. The van der Waals surface area contributed by atoms with E-state index in [1.54, 1.807) is 49.6 Å². The second-order valence-electron chi connectivity index (χ2n) is 5.27. The molecule has 0 aliphatic heterocycles. The molecule has 1 amide bonds. The van der Waals surface area contributed by atoms with Crippen molar-refractivity contribution in [2.45, 2.75) is 13.8 Å². The van der Waals surface area contributed by atoms with Crippen molar-refractivity contribution in [2.75, 3.05) is 19.0 Å². The van der Waals surface area contributed by atoms with E-state index in [9.17, 15) is 9.59 Å². The lowest BCUT2D eigenvalue weighted by molar-refractivity contribution is -0.111. The molecule has 130 valence electrons. The highest BCUT2D eigenvalue weighted by atomic mass is 16.5. The molecule has 0 bridgehead atoms. The van der Waals surface area contributed by atoms with E-state index in [-0.39, 0.29) is 11.7 Å². The van der Waals surface area contributed by atoms with Gasteiger partial charge in [-0.3, -0.25) is 9.59 Å². The summed E-state index contributed by atoms with van der Waals surface area (Å²) in [5.41, 5.74) is 1.77. The van der Waals surface area contributed by atoms with Crippen LogP contribution in [0.1, 0.15) is 29.8 Å². The number of hydrogen-bond acceptors (Lipinski definition) is 4. The predicted molar refractivity (Wildman–Crippen MR) is 98.3 cm³/mol. The number of carbonyl (C=O) groups excluding carboxylic acids is 2. The van der Waals surface area contributed by atoms with Crippen LogP contribution in [0.25, 0.3) is 6.08 Å². The Balaban J connectivity index is 2.12. The number of methoxy groups -OCH3 is 1. The maximum absolute atomic E-state index is 12.1. The van der Waals surface area contributed by atoms with E-state index in [0.29, 0.717) is 29.4 Å². The number of anilines is 1. The van der Waals surface area contributed by atoms with Gasteiger partial charge in [0.1, 0.15) is 0 Å². The van der Waals surface area contributed by atoms with Gasteiger partial charge in [0.25, 0.3) is 0 Å². The van der Waals surface area contributed by atoms with Gasteiger partial charge in [-0.05, 0) is 49.8 Å². The molecule has 2 aromatic rings. The Morgan fingerprint density at radius 1 is 1.12 bits per heavy atom. The molecule has 2 aromatic carbocycles. The number of carbonyl (C=O) groups is 2. The molecule has 0 saturated heterocycles. The average molecular weight is 339 g/mol. The second-order valence-corrected chi connectivity index (χ2v) is 5.27. The minimum atomic E-state index is -0.318. The summed E-state index contributed by atoms with van der Waals surface area (Å²) in [6.07, 6.45) is 3.08. The summed E-state index contributed by atoms with van der Waals surface area (Å²) in [4.78, 5) is 23.7. The van der Waals surface area contributed by atoms with E-state index in [1.165, 1.54) is 13.0 Å². The maximum atomic E-state index is 12.1. The number of nitrogens with one attached hydrogen (secondary N) is 1. The molecule has 0 saturated carbocycles. The minimum Gasteiger partial charge on any atom is -0.493 e. The Bertz CT molecular complexity index is 796. The Morgan fingerprint density at radius 3 is 2.56 bits per heavy atom. The number of para-hydroxylation sites is 1. The Kier molecular flexibility index (Phi) is 6.34. The third-order valence-electron chi connectivity index (χ3n) is 3.48. The van der Waals surface area contributed by atoms with E-state index >= 15 is 0 Å². The normalized spacial score (nSPS) is 10.5. The van der Waals surface area contributed by atoms with Crippen molar-refractivity contribution in [3.05, 3.63) is 59.7 Å². The molecule has 0 aliphatic carbocycles. The predicted octanol–water partition coefficient (Wildman–Crippen LogP) is 3.95. The molecule has 0 aliphatic rings. The number of amides is 1. The Labute approximate surface area is 147 Å². The fourth-order valence-electron chi connectivity index (χ4n) is 2.31. The lowest BCUT2D eigenvalue weighted by atomic mass is 10.1. The number of Topliss-reactive ketones (excluding diaryl/α,β-unsaturated/α-hetero) is 1. The van der Waals surface area contributed by atoms with Crippen LogP contribution in [0.3, 0.4) is 0 Å². The topological polar surface area (TPSA) is 64.6 Å². The van der Waals surface area contributed by atoms with Gasteiger partial charge in [0.15, 0.2) is 17.3 Å². The van der Waals surface area contributed by atoms with Crippen molar-refractivity contribution in [3.63, 3.8) is 0 Å². The van der Waals surface area contributed by atoms with Gasteiger partial charge in [0.2, 0.25) is 5.91 Å². The summed E-state index contributed by atoms with van der Waals surface area (Å²) < 4.78 is 10.7. The van der Waals surface area contributed by atoms with Crippen LogP contribution >= 0.6 is 0 Å². The zero-order valence-corrected chi connectivity index (χ0v) is 14.5. The van der Waals surface area contributed by atoms with Gasteiger partial charge in [-0.15, -0.1) is 0 Å². The quantitative estimate of drug-likeness (QED) is 0.613. The molecule has 2 rings (SSSR count). The molecule has 0 aromatic heterocycles. The second kappa shape index (κ2) is 8.68. The molecule has 25 heavy (non-hydrogen) atoms. The molecule has 0 spiro atoms. The maximum Gasteiger partial charge on any atom is 0.248 e. The van der Waals surface area contributed by atoms with E-state index in [4.69, 9.17) is 9.47 Å². The first kappa shape index (κ1) is 18.3. The number of benzene rings is 2. The fraction of sp³-hybridized carbons (Fsp3) is 0.200. The molecular formula is C20H21NO4. The van der Waals surface area contributed by atoms with Gasteiger partial charge in [0, 0.05) is 11.6 Å². The van der Waals surface area contributed by atoms with Gasteiger partial charge in [-0.25, -0.2) is 0 Å². The summed E-state index contributed by atoms with van der Waals surface area (Å²) >= 11 is 0. The number of ketones is 1. The van der Waals surface area contributed by atoms with Crippen molar-refractivity contribution < 1.29 is 19.1 Å². The lowest BCUT2D eigenvalue weighted by Gasteiger charge is -2.09. The largest absolute Gasteiger partial charge is 0.493 e. The van der Waals surface area contributed by atoms with Crippen LogP contribution in [0.2, 0.25) is 0 Å². The first-order valence-electron chi connectivity index (χ1n) is 7.95. The molecule has 1 N–H and O–H groups in total. The average Bonchev–Trinajstić information content (AvgIpc) is 2.61. The Hall–Kier alpha value is -3.08. The standard InChI is InChI=1S/C20H21NO4/c1-4-25-18-11-9-15(13-19(18)24-3)10-12-20(23)21-17-8-6-5-7-16(17)14(2)22/h5-13H,4H2,1-3H3,(H,21,23)/b12-10+. The summed E-state index contributed by atoms with van der Waals surface area (Å²) in [6, 6.07) is 12.3. The molecule has 5 heteroatoms. The fourth-order valence-corrected chi connectivity index (χ4v) is 2.31. The van der Waals surface area contributed by atoms with Crippen molar-refractivity contribution in [2.24, 2.45) is 0 Å². The first-order chi connectivity index (χ1) is 12.0. The van der Waals surface area contributed by atoms with Crippen LogP contribution in [0.5, 0.6) is 11.5 Å². The molecule has 0 unspecified atom stereocenters. The van der Waals surface area contributed by atoms with Crippen molar-refractivity contribution in [1.29, 1.82) is 0 Å². The summed E-state index contributed by atoms with van der Waals surface area (Å²) in [5.74, 6) is 0.839. The SMILES string of the molecule is CCOc1ccc(/C=C/C(=O)Nc2ccccc2C(C)=O)cc1OC. The molecule has 5 nitrogen and oxygen atoms in total. The van der Waals surface area contributed by atoms with Crippen molar-refractivity contribution >= 4 is 23.5 Å². The van der Waals surface area contributed by atoms with E-state index < -0.39 is 0 Å². The Morgan fingerprint density at radius 2 is 1.88 bits per heavy atom. The van der Waals surface area contributed by atoms with E-state index in [0.717, 1.165) is 5.56 Å². The van der Waals surface area contributed by atoms with Crippen LogP contribution < -0.4 is 14.8 Å². The molecule has 0 radical (unpaired) electrons. The van der Waals surface area contributed by atoms with Gasteiger partial charge in [-0.2, -0.15) is 0 Å². The zero-order valence-electron chi connectivity index (χ0n) is 14.5. The number of rotatable bonds is 7. The minimum absolute atomic E-state index is 0.101. The van der Waals surface area contributed by atoms with Crippen molar-refractivity contribution in [3.8, 4) is 11.5 Å². The summed E-state index contributed by atoms with van der Waals surface area (Å²) in [7, 11) is 1.57. The number of hydrogen-bond donors (Lipinski definition) is 1. The smallest absolute Gasteiger partial charge is 0.248 e. The first-order valence-corrected chi connectivity index (χ1v) is 7.95. The van der Waals surface area contributed by atoms with Gasteiger partial charge < -0.3 is 14.8 Å². The molecule has 0 fully saturated rings. The van der Waals surface area contributed by atoms with Crippen LogP contribution in [0.4, 0.5) is 5.69 Å². The van der Waals surface area contributed by atoms with E-state index in [2.05, 4.69) is 5.32 Å². The highest BCUT2D eigenvalue weighted by molar-refractivity contribution is 6.07. The number of ether oxygens (including phenoxy) is 2. The third kappa shape index (κ3) is 4.94. The van der Waals surface area contributed by atoms with Crippen molar-refractivity contribution in [1.82, 2.24) is 0 Å². The zero-order chi connectivity index (χ0) is 18.2. The summed E-state index contributed by atoms with van der Waals surface area (Å²) in [5, 5.41) is 2.72. The van der Waals surface area contributed by atoms with Crippen LogP contribution in [-0.4, -0.2) is 25.4 Å². The molecular weight excluding hydrogens is 318 g/mol. The van der Waals surface area contributed by atoms with Crippen LogP contribution in [-0.2, 0) is 4.79 Å². The van der Waals surface area contributed by atoms with Gasteiger partial charge in [0.05, 0.1) is 19.4 Å². The van der Waals surface area contributed by atoms with Gasteiger partial charge in [-0.1, -0.05) is 18.2 Å². The van der Waals surface area contributed by atoms with E-state index in [1.807, 2.05) is 13.0 Å². The van der Waals surface area contributed by atoms with Crippen LogP contribution in [0, 0.1) is 0 Å². The molecule has 0 atom stereocenters. The highest BCUT2D eigenvalue weighted by Crippen LogP contribution is 2.28.